The molecule has 8 saturated heterocycles. The van der Waals surface area contributed by atoms with Gasteiger partial charge in [-0.25, -0.2) is 0 Å². The fourth-order valence-corrected chi connectivity index (χ4v) is 10.00. The highest BCUT2D eigenvalue weighted by molar-refractivity contribution is 5.79. The molecule has 1 aliphatic carbocycles. The van der Waals surface area contributed by atoms with Crippen LogP contribution in [0.5, 0.6) is 0 Å². The number of rotatable bonds is 10. The van der Waals surface area contributed by atoms with Crippen molar-refractivity contribution < 1.29 is 38.0 Å². The Morgan fingerprint density at radius 3 is 2.44 bits per heavy atom. The van der Waals surface area contributed by atoms with Crippen molar-refractivity contribution in [1.29, 1.82) is 0 Å². The number of hydrogen-bond donors (Lipinski definition) is 0. The van der Waals surface area contributed by atoms with Gasteiger partial charge in [-0.15, -0.1) is 0 Å². The van der Waals surface area contributed by atoms with Crippen molar-refractivity contribution in [3.63, 3.8) is 0 Å². The molecule has 15 atom stereocenters. The van der Waals surface area contributed by atoms with Crippen molar-refractivity contribution in [2.45, 2.75) is 177 Å². The Hall–Kier alpha value is -1.13. The lowest BCUT2D eigenvalue weighted by molar-refractivity contribution is -0.292. The zero-order valence-corrected chi connectivity index (χ0v) is 27.4. The summed E-state index contributed by atoms with van der Waals surface area (Å²) in [6.07, 6.45) is 12.3. The second-order valence-corrected chi connectivity index (χ2v) is 15.9. The predicted octanol–water partition coefficient (Wildman–Crippen LogP) is 5.99. The van der Waals surface area contributed by atoms with E-state index in [1.807, 2.05) is 0 Å². The molecule has 0 aromatic rings. The van der Waals surface area contributed by atoms with E-state index in [1.54, 1.807) is 0 Å². The molecule has 1 saturated carbocycles. The third-order valence-corrected chi connectivity index (χ3v) is 12.8. The Morgan fingerprint density at radius 1 is 0.800 bits per heavy atom. The minimum atomic E-state index is -0.712. The fourth-order valence-electron chi connectivity index (χ4n) is 10.00. The van der Waals surface area contributed by atoms with Gasteiger partial charge in [0.25, 0.3) is 0 Å². The number of Topliss-reactive ketones (excluding diaryl/α,β-unsaturated/α-hetero) is 1. The smallest absolute Gasteiger partial charge is 0.172 e. The lowest BCUT2D eigenvalue weighted by Gasteiger charge is -2.47. The van der Waals surface area contributed by atoms with Crippen LogP contribution in [0.15, 0.2) is 24.3 Å². The second kappa shape index (κ2) is 12.4. The van der Waals surface area contributed by atoms with Crippen LogP contribution in [-0.2, 0) is 38.0 Å². The summed E-state index contributed by atoms with van der Waals surface area (Å²) in [4.78, 5) is 13.0. The van der Waals surface area contributed by atoms with Crippen molar-refractivity contribution >= 4 is 5.78 Å². The normalized spacial score (nSPS) is 50.3. The molecule has 8 nitrogen and oxygen atoms in total. The Kier molecular flexibility index (Phi) is 8.58. The van der Waals surface area contributed by atoms with E-state index in [0.717, 1.165) is 57.5 Å². The van der Waals surface area contributed by atoms with Gasteiger partial charge in [-0.3, -0.25) is 4.79 Å². The highest BCUT2D eigenvalue weighted by atomic mass is 16.8. The van der Waals surface area contributed by atoms with Gasteiger partial charge in [-0.05, 0) is 94.5 Å². The lowest BCUT2D eigenvalue weighted by Crippen LogP contribution is -2.61. The maximum absolute atomic E-state index is 13.0. The summed E-state index contributed by atoms with van der Waals surface area (Å²) in [6.45, 7) is 13.8. The van der Waals surface area contributed by atoms with Crippen LogP contribution >= 0.6 is 0 Å². The average Bonchev–Trinajstić information content (AvgIpc) is 3.72. The summed E-state index contributed by atoms with van der Waals surface area (Å²) < 4.78 is 45.9. The Morgan fingerprint density at radius 2 is 1.62 bits per heavy atom. The Labute approximate surface area is 268 Å². The zero-order valence-electron chi connectivity index (χ0n) is 27.4. The molecule has 45 heavy (non-hydrogen) atoms. The van der Waals surface area contributed by atoms with Crippen molar-refractivity contribution in [3.8, 4) is 0 Å². The van der Waals surface area contributed by atoms with E-state index in [2.05, 4.69) is 27.0 Å². The van der Waals surface area contributed by atoms with E-state index >= 15 is 0 Å². The fraction of sp³-hybridized carbons (Fsp3) is 0.865. The summed E-state index contributed by atoms with van der Waals surface area (Å²) in [5.41, 5.74) is 2.66. The van der Waals surface area contributed by atoms with E-state index in [4.69, 9.17) is 33.2 Å². The van der Waals surface area contributed by atoms with Crippen LogP contribution in [0.3, 0.4) is 0 Å². The average molecular weight is 627 g/mol. The summed E-state index contributed by atoms with van der Waals surface area (Å²) in [5, 5.41) is 0. The standard InChI is InChI=1S/C37H54O8/c1-20-5-6-24(15-21(20)2)7-9-29-22(3)16-28(40-29)11-13-37-19-31-33(44-37)34-35(43-31)36(45-37)32-30(42-34)10-8-27(41-32)18-26(38)17-25-12-14-39-23(25)4/h21,23-25,27-36H,1,3,5-19H2,2,4H3/t21?,23-,24-,25?,27?,28?,29?,30?,31?,32-,33?,34-,35?,36?,37-/m0/s1. The molecule has 10 unspecified atom stereocenters. The van der Waals surface area contributed by atoms with Gasteiger partial charge in [0.15, 0.2) is 5.79 Å². The van der Waals surface area contributed by atoms with E-state index in [0.29, 0.717) is 31.1 Å². The number of ketones is 1. The maximum atomic E-state index is 13.0. The van der Waals surface area contributed by atoms with Gasteiger partial charge in [0.05, 0.1) is 36.6 Å². The molecular formula is C37H54O8. The number of carbonyl (C=O) groups excluding carboxylic acids is 1. The molecule has 0 spiro atoms. The van der Waals surface area contributed by atoms with Crippen LogP contribution in [-0.4, -0.2) is 85.3 Å². The Bertz CT molecular complexity index is 1160. The summed E-state index contributed by atoms with van der Waals surface area (Å²) in [6, 6.07) is 0. The topological polar surface area (TPSA) is 81.7 Å². The molecule has 6 bridgehead atoms. The van der Waals surface area contributed by atoms with Crippen molar-refractivity contribution in [2.24, 2.45) is 17.8 Å². The second-order valence-electron chi connectivity index (χ2n) is 15.9. The predicted molar refractivity (Wildman–Crippen MR) is 167 cm³/mol. The van der Waals surface area contributed by atoms with Crippen LogP contribution < -0.4 is 0 Å². The molecule has 0 radical (unpaired) electrons. The van der Waals surface area contributed by atoms with Gasteiger partial charge in [-0.2, -0.15) is 0 Å². The first-order valence-corrected chi connectivity index (χ1v) is 18.2. The van der Waals surface area contributed by atoms with Crippen molar-refractivity contribution in [3.05, 3.63) is 24.3 Å². The third-order valence-electron chi connectivity index (χ3n) is 12.8. The first-order chi connectivity index (χ1) is 21.7. The first-order valence-electron chi connectivity index (χ1n) is 18.2. The minimum absolute atomic E-state index is 0.0145. The first kappa shape index (κ1) is 31.2. The van der Waals surface area contributed by atoms with E-state index in [9.17, 15) is 4.79 Å². The van der Waals surface area contributed by atoms with Gasteiger partial charge >= 0.3 is 0 Å². The molecule has 9 aliphatic rings. The van der Waals surface area contributed by atoms with Gasteiger partial charge in [0, 0.05) is 32.3 Å². The largest absolute Gasteiger partial charge is 0.378 e. The van der Waals surface area contributed by atoms with Crippen molar-refractivity contribution in [1.82, 2.24) is 0 Å². The summed E-state index contributed by atoms with van der Waals surface area (Å²) in [5.74, 6) is 1.29. The number of ether oxygens (including phenoxy) is 7. The maximum Gasteiger partial charge on any atom is 0.172 e. The van der Waals surface area contributed by atoms with Gasteiger partial charge in [-0.1, -0.05) is 25.7 Å². The highest BCUT2D eigenvalue weighted by Crippen LogP contribution is 2.54. The van der Waals surface area contributed by atoms with Gasteiger partial charge in [0.2, 0.25) is 0 Å². The van der Waals surface area contributed by atoms with E-state index < -0.39 is 5.79 Å². The van der Waals surface area contributed by atoms with Gasteiger partial charge < -0.3 is 33.2 Å². The quantitative estimate of drug-likeness (QED) is 0.274. The molecule has 0 aromatic heterocycles. The molecule has 8 heteroatoms. The third kappa shape index (κ3) is 6.04. The summed E-state index contributed by atoms with van der Waals surface area (Å²) in [7, 11) is 0. The number of hydrogen-bond acceptors (Lipinski definition) is 8. The molecular weight excluding hydrogens is 572 g/mol. The molecule has 0 aromatic carbocycles. The van der Waals surface area contributed by atoms with Crippen LogP contribution in [0.2, 0.25) is 0 Å². The molecule has 0 amide bonds. The van der Waals surface area contributed by atoms with Gasteiger partial charge in [0.1, 0.15) is 36.3 Å². The molecule has 8 aliphatic heterocycles. The minimum Gasteiger partial charge on any atom is -0.378 e. The molecule has 8 heterocycles. The van der Waals surface area contributed by atoms with Crippen LogP contribution in [0.25, 0.3) is 0 Å². The van der Waals surface area contributed by atoms with E-state index in [1.165, 1.54) is 36.8 Å². The Balaban J connectivity index is 0.872. The zero-order chi connectivity index (χ0) is 30.9. The monoisotopic (exact) mass is 626 g/mol. The highest BCUT2D eigenvalue weighted by Gasteiger charge is 2.68. The number of allylic oxidation sites excluding steroid dienone is 1. The molecule has 0 N–H and O–H groups in total. The lowest BCUT2D eigenvalue weighted by atomic mass is 9.77. The number of carbonyl (C=O) groups is 1. The van der Waals surface area contributed by atoms with Crippen LogP contribution in [0.1, 0.15) is 104 Å². The molecule has 250 valence electrons. The van der Waals surface area contributed by atoms with Crippen molar-refractivity contribution in [2.75, 3.05) is 6.61 Å². The van der Waals surface area contributed by atoms with Crippen LogP contribution in [0.4, 0.5) is 0 Å². The molecule has 9 rings (SSSR count). The number of fused-ring (bicyclic) bond motifs is 1. The molecule has 9 fully saturated rings. The SMILES string of the molecule is C=C1CC[C@@H](CCC2OC(CC[C@@]34CC5OC6C(O3)[C@H]3OC(CC(=O)CC7CCO[C@H]7C)CCC3O[C@H]6C5O4)CC2=C)CC1C. The van der Waals surface area contributed by atoms with Crippen LogP contribution in [0, 0.1) is 17.8 Å². The van der Waals surface area contributed by atoms with E-state index in [-0.39, 0.29) is 72.9 Å². The summed E-state index contributed by atoms with van der Waals surface area (Å²) >= 11 is 0.